The van der Waals surface area contributed by atoms with E-state index in [1.165, 1.54) is 44.9 Å². The lowest BCUT2D eigenvalue weighted by Gasteiger charge is -2.14. The van der Waals surface area contributed by atoms with E-state index in [1.807, 2.05) is 0 Å². The zero-order chi connectivity index (χ0) is 8.81. The van der Waals surface area contributed by atoms with Gasteiger partial charge in [0.1, 0.15) is 0 Å². The van der Waals surface area contributed by atoms with Gasteiger partial charge in [-0.05, 0) is 38.1 Å². The Morgan fingerprint density at radius 2 is 1.67 bits per heavy atom. The maximum Gasteiger partial charge on any atom is 0.00389 e. The molecule has 1 aliphatic carbocycles. The van der Waals surface area contributed by atoms with E-state index in [9.17, 15) is 0 Å². The smallest absolute Gasteiger partial charge is 0.00389 e. The third-order valence-electron chi connectivity index (χ3n) is 2.97. The zero-order valence-electron chi connectivity index (χ0n) is 7.97. The summed E-state index contributed by atoms with van der Waals surface area (Å²) in [6.45, 7) is 0.854. The van der Waals surface area contributed by atoms with E-state index in [-0.39, 0.29) is 0 Å². The molecule has 0 saturated heterocycles. The molecule has 1 saturated carbocycles. The first kappa shape index (κ1) is 10.0. The summed E-state index contributed by atoms with van der Waals surface area (Å²) in [6.07, 6.45) is 9.00. The first-order valence-corrected chi connectivity index (χ1v) is 5.28. The Bertz CT molecular complexity index is 114. The second kappa shape index (κ2) is 5.55. The summed E-state index contributed by atoms with van der Waals surface area (Å²) >= 11 is 0. The second-order valence-corrected chi connectivity index (χ2v) is 4.08. The Morgan fingerprint density at radius 3 is 2.42 bits per heavy atom. The molecule has 1 rings (SSSR count). The van der Waals surface area contributed by atoms with Crippen LogP contribution in [0.2, 0.25) is 0 Å². The number of rotatable bonds is 1. The lowest BCUT2D eigenvalue weighted by atomic mass is 9.96. The maximum absolute atomic E-state index is 5.95. The van der Waals surface area contributed by atoms with E-state index in [1.54, 1.807) is 0 Å². The molecular formula is C10H22N2. The largest absolute Gasteiger partial charge is 0.330 e. The Labute approximate surface area is 75.7 Å². The van der Waals surface area contributed by atoms with Gasteiger partial charge >= 0.3 is 0 Å². The van der Waals surface area contributed by atoms with Crippen molar-refractivity contribution in [3.63, 3.8) is 0 Å². The summed E-state index contributed by atoms with van der Waals surface area (Å²) in [4.78, 5) is 0. The van der Waals surface area contributed by atoms with Crippen LogP contribution in [0.3, 0.4) is 0 Å². The van der Waals surface area contributed by atoms with Crippen LogP contribution < -0.4 is 11.5 Å². The molecule has 0 aromatic rings. The number of hydrogen-bond acceptors (Lipinski definition) is 2. The fourth-order valence-corrected chi connectivity index (χ4v) is 1.99. The SMILES string of the molecule is NCC1CCCCCC(N)CC1. The first-order chi connectivity index (χ1) is 5.83. The second-order valence-electron chi connectivity index (χ2n) is 4.08. The van der Waals surface area contributed by atoms with Crippen LogP contribution in [0.4, 0.5) is 0 Å². The molecule has 0 radical (unpaired) electrons. The molecule has 1 fully saturated rings. The molecule has 2 unspecified atom stereocenters. The standard InChI is InChI=1S/C10H22N2/c11-8-9-4-2-1-3-5-10(12)7-6-9/h9-10H,1-8,11-12H2. The molecule has 2 heteroatoms. The van der Waals surface area contributed by atoms with Gasteiger partial charge in [-0.1, -0.05) is 19.3 Å². The zero-order valence-corrected chi connectivity index (χ0v) is 7.97. The molecule has 4 N–H and O–H groups in total. The van der Waals surface area contributed by atoms with E-state index in [0.717, 1.165) is 12.5 Å². The van der Waals surface area contributed by atoms with Crippen molar-refractivity contribution in [2.24, 2.45) is 17.4 Å². The summed E-state index contributed by atoms with van der Waals surface area (Å²) in [5.41, 5.74) is 11.6. The molecule has 0 bridgehead atoms. The summed E-state index contributed by atoms with van der Waals surface area (Å²) < 4.78 is 0. The van der Waals surface area contributed by atoms with E-state index in [4.69, 9.17) is 11.5 Å². The van der Waals surface area contributed by atoms with Crippen LogP contribution >= 0.6 is 0 Å². The van der Waals surface area contributed by atoms with Crippen LogP contribution in [0.5, 0.6) is 0 Å². The quantitative estimate of drug-likeness (QED) is 0.628. The third-order valence-corrected chi connectivity index (χ3v) is 2.97. The Kier molecular flexibility index (Phi) is 4.62. The fraction of sp³-hybridized carbons (Fsp3) is 1.00. The molecule has 0 aliphatic heterocycles. The Morgan fingerprint density at radius 1 is 0.917 bits per heavy atom. The molecule has 0 spiro atoms. The van der Waals surface area contributed by atoms with Gasteiger partial charge in [0.25, 0.3) is 0 Å². The highest BCUT2D eigenvalue weighted by Crippen LogP contribution is 2.20. The minimum atomic E-state index is 0.442. The van der Waals surface area contributed by atoms with E-state index >= 15 is 0 Å². The summed E-state index contributed by atoms with van der Waals surface area (Å²) in [5.74, 6) is 0.745. The van der Waals surface area contributed by atoms with Crippen LogP contribution in [0.25, 0.3) is 0 Å². The molecule has 0 aromatic heterocycles. The van der Waals surface area contributed by atoms with E-state index in [2.05, 4.69) is 0 Å². The summed E-state index contributed by atoms with van der Waals surface area (Å²) in [6, 6.07) is 0.442. The van der Waals surface area contributed by atoms with Crippen LogP contribution in [-0.2, 0) is 0 Å². The molecule has 12 heavy (non-hydrogen) atoms. The minimum absolute atomic E-state index is 0.442. The van der Waals surface area contributed by atoms with Gasteiger partial charge in [-0.25, -0.2) is 0 Å². The third kappa shape index (κ3) is 3.55. The lowest BCUT2D eigenvalue weighted by molar-refractivity contribution is 0.424. The van der Waals surface area contributed by atoms with Crippen LogP contribution in [-0.4, -0.2) is 12.6 Å². The van der Waals surface area contributed by atoms with Gasteiger partial charge in [0.15, 0.2) is 0 Å². The highest BCUT2D eigenvalue weighted by atomic mass is 14.6. The van der Waals surface area contributed by atoms with Gasteiger partial charge in [-0.15, -0.1) is 0 Å². The predicted molar refractivity (Wildman–Crippen MR) is 52.8 cm³/mol. The number of nitrogens with two attached hydrogens (primary N) is 2. The molecule has 2 atom stereocenters. The molecular weight excluding hydrogens is 148 g/mol. The molecule has 0 amide bonds. The fourth-order valence-electron chi connectivity index (χ4n) is 1.99. The van der Waals surface area contributed by atoms with E-state index < -0.39 is 0 Å². The van der Waals surface area contributed by atoms with Crippen molar-refractivity contribution in [3.8, 4) is 0 Å². The lowest BCUT2D eigenvalue weighted by Crippen LogP contribution is -2.22. The molecule has 0 heterocycles. The topological polar surface area (TPSA) is 52.0 Å². The van der Waals surface area contributed by atoms with Crippen molar-refractivity contribution in [2.75, 3.05) is 6.54 Å². The first-order valence-electron chi connectivity index (χ1n) is 5.28. The van der Waals surface area contributed by atoms with Crippen LogP contribution in [0.15, 0.2) is 0 Å². The Balaban J connectivity index is 2.29. The molecule has 72 valence electrons. The van der Waals surface area contributed by atoms with Gasteiger partial charge in [0.2, 0.25) is 0 Å². The number of hydrogen-bond donors (Lipinski definition) is 2. The summed E-state index contributed by atoms with van der Waals surface area (Å²) in [7, 11) is 0. The van der Waals surface area contributed by atoms with Crippen molar-refractivity contribution in [1.29, 1.82) is 0 Å². The predicted octanol–water partition coefficient (Wildman–Crippen LogP) is 1.63. The Hall–Kier alpha value is -0.0800. The maximum atomic E-state index is 5.95. The molecule has 2 nitrogen and oxygen atoms in total. The molecule has 1 aliphatic rings. The van der Waals surface area contributed by atoms with Crippen molar-refractivity contribution >= 4 is 0 Å². The van der Waals surface area contributed by atoms with Crippen molar-refractivity contribution in [2.45, 2.75) is 51.0 Å². The normalized spacial score (nSPS) is 33.5. The highest BCUT2D eigenvalue weighted by molar-refractivity contribution is 4.69. The van der Waals surface area contributed by atoms with Gasteiger partial charge in [-0.3, -0.25) is 0 Å². The van der Waals surface area contributed by atoms with Crippen LogP contribution in [0.1, 0.15) is 44.9 Å². The van der Waals surface area contributed by atoms with Crippen molar-refractivity contribution < 1.29 is 0 Å². The molecule has 0 aromatic carbocycles. The average Bonchev–Trinajstić information content (AvgIpc) is 2.17. The minimum Gasteiger partial charge on any atom is -0.330 e. The van der Waals surface area contributed by atoms with Crippen molar-refractivity contribution in [3.05, 3.63) is 0 Å². The van der Waals surface area contributed by atoms with Crippen LogP contribution in [0, 0.1) is 5.92 Å². The van der Waals surface area contributed by atoms with Gasteiger partial charge in [0, 0.05) is 6.04 Å². The van der Waals surface area contributed by atoms with Crippen molar-refractivity contribution in [1.82, 2.24) is 0 Å². The van der Waals surface area contributed by atoms with Gasteiger partial charge < -0.3 is 11.5 Å². The van der Waals surface area contributed by atoms with E-state index in [0.29, 0.717) is 6.04 Å². The monoisotopic (exact) mass is 170 g/mol. The van der Waals surface area contributed by atoms with Gasteiger partial charge in [-0.2, -0.15) is 0 Å². The summed E-state index contributed by atoms with van der Waals surface area (Å²) in [5, 5.41) is 0. The highest BCUT2D eigenvalue weighted by Gasteiger charge is 2.12. The van der Waals surface area contributed by atoms with Gasteiger partial charge in [0.05, 0.1) is 0 Å². The average molecular weight is 170 g/mol.